The highest BCUT2D eigenvalue weighted by Gasteiger charge is 2.11. The summed E-state index contributed by atoms with van der Waals surface area (Å²) in [5, 5.41) is 15.0. The summed E-state index contributed by atoms with van der Waals surface area (Å²) in [5.74, 6) is 0.808. The molecule has 84 valence electrons. The maximum atomic E-state index is 8.65. The highest BCUT2D eigenvalue weighted by molar-refractivity contribution is 7.80. The van der Waals surface area contributed by atoms with E-state index in [9.17, 15) is 0 Å². The van der Waals surface area contributed by atoms with Gasteiger partial charge in [-0.15, -0.1) is 0 Å². The normalized spacial score (nSPS) is 12.5. The third kappa shape index (κ3) is 6.59. The molecule has 0 aliphatic rings. The molecule has 0 heterocycles. The molecule has 0 aliphatic carbocycles. The predicted molar refractivity (Wildman–Crippen MR) is 68.2 cm³/mol. The van der Waals surface area contributed by atoms with Crippen LogP contribution in [0.3, 0.4) is 0 Å². The summed E-state index contributed by atoms with van der Waals surface area (Å²) in [6, 6.07) is 0.216. The van der Waals surface area contributed by atoms with Crippen molar-refractivity contribution in [3.05, 3.63) is 0 Å². The number of hydrogen-bond acceptors (Lipinski definition) is 4. The third-order valence-electron chi connectivity index (χ3n) is 1.81. The average Bonchev–Trinajstić information content (AvgIpc) is 2.20. The van der Waals surface area contributed by atoms with E-state index in [1.54, 1.807) is 0 Å². The molecule has 0 aromatic rings. The number of aliphatic hydroxyl groups excluding tert-OH is 1. The molecule has 0 spiro atoms. The second kappa shape index (κ2) is 9.71. The van der Waals surface area contributed by atoms with E-state index in [4.69, 9.17) is 17.3 Å². The number of nitrogens with one attached hydrogen (secondary N) is 2. The lowest BCUT2D eigenvalue weighted by Gasteiger charge is -2.19. The fourth-order valence-corrected chi connectivity index (χ4v) is 1.59. The summed E-state index contributed by atoms with van der Waals surface area (Å²) in [7, 11) is 0. The van der Waals surface area contributed by atoms with E-state index >= 15 is 0 Å². The molecule has 1 unspecified atom stereocenters. The molecule has 0 saturated heterocycles. The second-order valence-electron chi connectivity index (χ2n) is 3.03. The smallest absolute Gasteiger partial charge is 0.0926 e. The van der Waals surface area contributed by atoms with Crippen LogP contribution in [0.1, 0.15) is 19.8 Å². The van der Waals surface area contributed by atoms with Crippen LogP contribution in [-0.4, -0.2) is 41.6 Å². The summed E-state index contributed by atoms with van der Waals surface area (Å²) < 4.78 is 0. The summed E-state index contributed by atoms with van der Waals surface area (Å²) in [6.07, 6.45) is 2.11. The fourth-order valence-electron chi connectivity index (χ4n) is 1.16. The van der Waals surface area contributed by atoms with E-state index < -0.39 is 0 Å². The fraction of sp³-hybridized carbons (Fsp3) is 0.889. The first-order valence-corrected chi connectivity index (χ1v) is 6.03. The molecule has 5 heteroatoms. The van der Waals surface area contributed by atoms with Gasteiger partial charge in [-0.1, -0.05) is 25.6 Å². The van der Waals surface area contributed by atoms with Crippen LogP contribution in [-0.2, 0) is 0 Å². The Bertz CT molecular complexity index is 156. The Morgan fingerprint density at radius 2 is 2.21 bits per heavy atom. The van der Waals surface area contributed by atoms with Crippen LogP contribution in [0.25, 0.3) is 0 Å². The highest BCUT2D eigenvalue weighted by atomic mass is 32.1. The van der Waals surface area contributed by atoms with Crippen LogP contribution in [0.2, 0.25) is 0 Å². The number of aliphatic hydroxyl groups is 1. The van der Waals surface area contributed by atoms with Gasteiger partial charge < -0.3 is 15.7 Å². The molecule has 0 bridgehead atoms. The van der Waals surface area contributed by atoms with E-state index in [0.29, 0.717) is 6.54 Å². The van der Waals surface area contributed by atoms with Crippen LogP contribution < -0.4 is 10.6 Å². The minimum Gasteiger partial charge on any atom is -0.395 e. The number of thiocarbonyl (C=S) groups is 1. The molecular weight excluding hydrogens is 216 g/mol. The maximum absolute atomic E-state index is 8.65. The number of hydrogen-bond donors (Lipinski definition) is 4. The van der Waals surface area contributed by atoms with Gasteiger partial charge in [0.05, 0.1) is 17.6 Å². The van der Waals surface area contributed by atoms with Crippen molar-refractivity contribution in [2.45, 2.75) is 25.8 Å². The Labute approximate surface area is 97.1 Å². The molecule has 0 amide bonds. The lowest BCUT2D eigenvalue weighted by molar-refractivity contribution is 0.300. The summed E-state index contributed by atoms with van der Waals surface area (Å²) >= 11 is 9.35. The predicted octanol–water partition coefficient (Wildman–Crippen LogP) is 0.584. The minimum atomic E-state index is 0.117. The zero-order valence-corrected chi connectivity index (χ0v) is 10.3. The largest absolute Gasteiger partial charge is 0.395 e. The first-order chi connectivity index (χ1) is 6.76. The van der Waals surface area contributed by atoms with Gasteiger partial charge in [0.2, 0.25) is 0 Å². The Kier molecular flexibility index (Phi) is 9.82. The van der Waals surface area contributed by atoms with E-state index in [0.717, 1.165) is 30.1 Å². The second-order valence-corrected chi connectivity index (χ2v) is 3.92. The number of rotatable bonds is 8. The van der Waals surface area contributed by atoms with Crippen LogP contribution in [0.4, 0.5) is 0 Å². The highest BCUT2D eigenvalue weighted by Crippen LogP contribution is 1.98. The quantitative estimate of drug-likeness (QED) is 0.368. The Balaban J connectivity index is 3.84. The Morgan fingerprint density at radius 1 is 1.50 bits per heavy atom. The van der Waals surface area contributed by atoms with Crippen LogP contribution in [0.15, 0.2) is 0 Å². The Hall–Kier alpha value is 0.160. The van der Waals surface area contributed by atoms with Crippen molar-refractivity contribution >= 4 is 29.8 Å². The van der Waals surface area contributed by atoms with Crippen LogP contribution in [0.5, 0.6) is 0 Å². The van der Waals surface area contributed by atoms with Gasteiger partial charge in [-0.05, 0) is 6.42 Å². The van der Waals surface area contributed by atoms with Crippen molar-refractivity contribution in [3.63, 3.8) is 0 Å². The molecule has 1 atom stereocenters. The molecular formula is C9H20N2OS2. The molecule has 14 heavy (non-hydrogen) atoms. The van der Waals surface area contributed by atoms with Crippen molar-refractivity contribution in [3.8, 4) is 0 Å². The van der Waals surface area contributed by atoms with E-state index in [2.05, 4.69) is 30.2 Å². The summed E-state index contributed by atoms with van der Waals surface area (Å²) in [5.41, 5.74) is 0. The van der Waals surface area contributed by atoms with Gasteiger partial charge in [-0.2, -0.15) is 12.6 Å². The standard InChI is InChI=1S/C9H20N2OS2/c1-2-3-8(10-5-7-13)9(14)11-4-6-12/h8,10,12-13H,2-7H2,1H3,(H,11,14). The van der Waals surface area contributed by atoms with Crippen LogP contribution >= 0.6 is 24.8 Å². The molecule has 0 saturated carbocycles. The van der Waals surface area contributed by atoms with Crippen LogP contribution in [0, 0.1) is 0 Å². The lowest BCUT2D eigenvalue weighted by Crippen LogP contribution is -2.44. The van der Waals surface area contributed by atoms with E-state index in [1.807, 2.05) is 0 Å². The van der Waals surface area contributed by atoms with E-state index in [-0.39, 0.29) is 12.6 Å². The topological polar surface area (TPSA) is 44.3 Å². The van der Waals surface area contributed by atoms with Crippen molar-refractivity contribution in [1.82, 2.24) is 10.6 Å². The molecule has 0 fully saturated rings. The SMILES string of the molecule is CCCC(NCCS)C(=S)NCCO. The van der Waals surface area contributed by atoms with Gasteiger partial charge in [0.1, 0.15) is 0 Å². The third-order valence-corrected chi connectivity index (χ3v) is 2.46. The van der Waals surface area contributed by atoms with Gasteiger partial charge in [0.15, 0.2) is 0 Å². The van der Waals surface area contributed by atoms with Crippen molar-refractivity contribution in [2.24, 2.45) is 0 Å². The monoisotopic (exact) mass is 236 g/mol. The number of thiol groups is 1. The molecule has 3 N–H and O–H groups in total. The van der Waals surface area contributed by atoms with Crippen molar-refractivity contribution < 1.29 is 5.11 Å². The first kappa shape index (κ1) is 14.2. The molecule has 0 aliphatic heterocycles. The average molecular weight is 236 g/mol. The van der Waals surface area contributed by atoms with Crippen molar-refractivity contribution in [1.29, 1.82) is 0 Å². The maximum Gasteiger partial charge on any atom is 0.0926 e. The van der Waals surface area contributed by atoms with Gasteiger partial charge in [0, 0.05) is 18.8 Å². The van der Waals surface area contributed by atoms with Crippen molar-refractivity contribution in [2.75, 3.05) is 25.4 Å². The van der Waals surface area contributed by atoms with Gasteiger partial charge in [-0.3, -0.25) is 0 Å². The molecule has 0 aromatic heterocycles. The summed E-state index contributed by atoms with van der Waals surface area (Å²) in [6.45, 7) is 3.63. The Morgan fingerprint density at radius 3 is 2.71 bits per heavy atom. The van der Waals surface area contributed by atoms with Gasteiger partial charge >= 0.3 is 0 Å². The molecule has 3 nitrogen and oxygen atoms in total. The molecule has 0 rings (SSSR count). The first-order valence-electron chi connectivity index (χ1n) is 4.99. The zero-order chi connectivity index (χ0) is 10.8. The summed E-state index contributed by atoms with van der Waals surface area (Å²) in [4.78, 5) is 0.794. The lowest BCUT2D eigenvalue weighted by atomic mass is 10.1. The van der Waals surface area contributed by atoms with Gasteiger partial charge in [0.25, 0.3) is 0 Å². The minimum absolute atomic E-state index is 0.117. The van der Waals surface area contributed by atoms with E-state index in [1.165, 1.54) is 0 Å². The van der Waals surface area contributed by atoms with Gasteiger partial charge in [-0.25, -0.2) is 0 Å². The molecule has 0 aromatic carbocycles. The molecule has 0 radical (unpaired) electrons. The zero-order valence-electron chi connectivity index (χ0n) is 8.62.